The summed E-state index contributed by atoms with van der Waals surface area (Å²) in [4.78, 5) is 24.5. The Morgan fingerprint density at radius 2 is 1.88 bits per heavy atom. The molecule has 0 unspecified atom stereocenters. The maximum atomic E-state index is 12.6. The van der Waals surface area contributed by atoms with Gasteiger partial charge in [0.1, 0.15) is 5.76 Å². The van der Waals surface area contributed by atoms with E-state index in [1.807, 2.05) is 19.9 Å². The molecule has 3 fully saturated rings. The summed E-state index contributed by atoms with van der Waals surface area (Å²) < 4.78 is 12.0. The highest BCUT2D eigenvalue weighted by molar-refractivity contribution is 5.95. The molecule has 7 atom stereocenters. The van der Waals surface area contributed by atoms with Crippen LogP contribution in [0.3, 0.4) is 0 Å². The maximum absolute atomic E-state index is 12.6. The SMILES string of the molecule is C#C[C@]1(OC(C)=O)CC[C@H]2[C@@H]3CC[C@H]4Cc5oc(C(=O)C(C)C)cc5C[C@]4(C)[C@H]3CC[C@@]21C. The summed E-state index contributed by atoms with van der Waals surface area (Å²) >= 11 is 0. The second-order valence-electron chi connectivity index (χ2n) is 12.2. The first-order valence-electron chi connectivity index (χ1n) is 12.9. The van der Waals surface area contributed by atoms with Gasteiger partial charge in [0.05, 0.1) is 0 Å². The van der Waals surface area contributed by atoms with Gasteiger partial charge in [0.25, 0.3) is 0 Å². The molecule has 3 saturated carbocycles. The number of hydrogen-bond donors (Lipinski definition) is 0. The number of carbonyl (C=O) groups excluding carboxylic acids is 2. The van der Waals surface area contributed by atoms with Crippen molar-refractivity contribution in [2.45, 2.75) is 91.6 Å². The standard InChI is InChI=1S/C29H38O4/c1-7-29(33-18(4)30)13-11-23-21-9-8-20-15-24-19(14-25(32-24)26(31)17(2)3)16-27(20,5)22(21)10-12-28(23,29)6/h1,14,17,20-23H,8-13,15-16H2,2-6H3/t20-,21+,22-,23-,27-,28-,29-/m0/s1. The number of furan rings is 1. The van der Waals surface area contributed by atoms with Crippen LogP contribution in [0.2, 0.25) is 0 Å². The van der Waals surface area contributed by atoms with E-state index in [9.17, 15) is 9.59 Å². The number of terminal acetylenes is 1. The minimum atomic E-state index is -0.761. The van der Waals surface area contributed by atoms with Gasteiger partial charge in [-0.2, -0.15) is 0 Å². The Labute approximate surface area is 198 Å². The largest absolute Gasteiger partial charge is 0.458 e. The van der Waals surface area contributed by atoms with Crippen molar-refractivity contribution in [1.82, 2.24) is 0 Å². The van der Waals surface area contributed by atoms with E-state index < -0.39 is 5.60 Å². The fourth-order valence-electron chi connectivity index (χ4n) is 8.65. The molecule has 4 aliphatic rings. The van der Waals surface area contributed by atoms with Gasteiger partial charge < -0.3 is 9.15 Å². The van der Waals surface area contributed by atoms with E-state index in [1.165, 1.54) is 25.3 Å². The monoisotopic (exact) mass is 450 g/mol. The predicted molar refractivity (Wildman–Crippen MR) is 126 cm³/mol. The molecule has 0 aromatic carbocycles. The first kappa shape index (κ1) is 22.8. The number of Topliss-reactive ketones (excluding diaryl/α,β-unsaturated/α-hetero) is 1. The molecular formula is C29H38O4. The van der Waals surface area contributed by atoms with Crippen molar-refractivity contribution in [3.8, 4) is 12.3 Å². The minimum Gasteiger partial charge on any atom is -0.458 e. The van der Waals surface area contributed by atoms with Crippen molar-refractivity contribution >= 4 is 11.8 Å². The van der Waals surface area contributed by atoms with Crippen LogP contribution in [0.1, 0.15) is 95.0 Å². The quantitative estimate of drug-likeness (QED) is 0.321. The van der Waals surface area contributed by atoms with Crippen LogP contribution >= 0.6 is 0 Å². The van der Waals surface area contributed by atoms with Crippen LogP contribution < -0.4 is 0 Å². The molecule has 0 spiro atoms. The third-order valence-electron chi connectivity index (χ3n) is 10.4. The Balaban J connectivity index is 1.45. The summed E-state index contributed by atoms with van der Waals surface area (Å²) in [6.07, 6.45) is 14.3. The van der Waals surface area contributed by atoms with Gasteiger partial charge in [0, 0.05) is 24.7 Å². The molecule has 4 aliphatic carbocycles. The van der Waals surface area contributed by atoms with Crippen molar-refractivity contribution in [3.05, 3.63) is 23.2 Å². The van der Waals surface area contributed by atoms with Crippen molar-refractivity contribution < 1.29 is 18.7 Å². The van der Waals surface area contributed by atoms with E-state index in [2.05, 4.69) is 19.8 Å². The molecule has 0 aliphatic heterocycles. The molecule has 178 valence electrons. The Bertz CT molecular complexity index is 1030. The topological polar surface area (TPSA) is 56.5 Å². The number of fused-ring (bicyclic) bond motifs is 6. The van der Waals surface area contributed by atoms with Crippen molar-refractivity contribution in [2.24, 2.45) is 40.4 Å². The third-order valence-corrected chi connectivity index (χ3v) is 10.4. The zero-order chi connectivity index (χ0) is 23.8. The number of hydrogen-bond acceptors (Lipinski definition) is 4. The number of ketones is 1. The van der Waals surface area contributed by atoms with E-state index in [0.29, 0.717) is 29.4 Å². The molecule has 4 heteroatoms. The molecular weight excluding hydrogens is 412 g/mol. The van der Waals surface area contributed by atoms with Crippen LogP contribution in [-0.4, -0.2) is 17.4 Å². The summed E-state index contributed by atoms with van der Waals surface area (Å²) in [7, 11) is 0. The average molecular weight is 451 g/mol. The van der Waals surface area contributed by atoms with Crippen LogP contribution in [0.15, 0.2) is 10.5 Å². The minimum absolute atomic E-state index is 0.0492. The fourth-order valence-corrected chi connectivity index (χ4v) is 8.65. The highest BCUT2D eigenvalue weighted by atomic mass is 16.6. The van der Waals surface area contributed by atoms with Gasteiger partial charge in [-0.25, -0.2) is 0 Å². The lowest BCUT2D eigenvalue weighted by atomic mass is 9.44. The highest BCUT2D eigenvalue weighted by Gasteiger charge is 2.66. The zero-order valence-electron chi connectivity index (χ0n) is 20.8. The second-order valence-corrected chi connectivity index (χ2v) is 12.2. The summed E-state index contributed by atoms with van der Waals surface area (Å²) in [5, 5.41) is 0. The van der Waals surface area contributed by atoms with Crippen LogP contribution in [0.4, 0.5) is 0 Å². The molecule has 5 rings (SSSR count). The smallest absolute Gasteiger partial charge is 0.304 e. The normalized spacial score (nSPS) is 41.4. The molecule has 0 N–H and O–H groups in total. The highest BCUT2D eigenvalue weighted by Crippen LogP contribution is 2.68. The number of esters is 1. The van der Waals surface area contributed by atoms with Crippen molar-refractivity contribution in [1.29, 1.82) is 0 Å². The molecule has 1 aromatic rings. The van der Waals surface area contributed by atoms with Gasteiger partial charge in [-0.1, -0.05) is 33.6 Å². The average Bonchev–Trinajstić information content (AvgIpc) is 3.29. The van der Waals surface area contributed by atoms with Crippen LogP contribution in [0.25, 0.3) is 0 Å². The van der Waals surface area contributed by atoms with Gasteiger partial charge in [-0.15, -0.1) is 6.42 Å². The van der Waals surface area contributed by atoms with E-state index in [0.717, 1.165) is 44.3 Å². The van der Waals surface area contributed by atoms with E-state index in [4.69, 9.17) is 15.6 Å². The lowest BCUT2D eigenvalue weighted by molar-refractivity contribution is -0.172. The Morgan fingerprint density at radius 3 is 2.55 bits per heavy atom. The summed E-state index contributed by atoms with van der Waals surface area (Å²) in [6, 6.07) is 2.04. The third kappa shape index (κ3) is 3.10. The lowest BCUT2D eigenvalue weighted by Crippen LogP contribution is -2.57. The summed E-state index contributed by atoms with van der Waals surface area (Å²) in [5.41, 5.74) is 0.547. The maximum Gasteiger partial charge on any atom is 0.304 e. The van der Waals surface area contributed by atoms with E-state index >= 15 is 0 Å². The molecule has 0 radical (unpaired) electrons. The van der Waals surface area contributed by atoms with Crippen molar-refractivity contribution in [3.63, 3.8) is 0 Å². The molecule has 1 aromatic heterocycles. The molecule has 0 amide bonds. The van der Waals surface area contributed by atoms with Gasteiger partial charge in [-0.05, 0) is 85.7 Å². The first-order valence-corrected chi connectivity index (χ1v) is 12.9. The van der Waals surface area contributed by atoms with Gasteiger partial charge in [-0.3, -0.25) is 9.59 Å². The van der Waals surface area contributed by atoms with Crippen LogP contribution in [-0.2, 0) is 22.4 Å². The summed E-state index contributed by atoms with van der Waals surface area (Å²) in [6.45, 7) is 10.1. The lowest BCUT2D eigenvalue weighted by Gasteiger charge is -2.60. The molecule has 33 heavy (non-hydrogen) atoms. The van der Waals surface area contributed by atoms with Gasteiger partial charge in [0.15, 0.2) is 11.4 Å². The molecule has 1 heterocycles. The number of ether oxygens (including phenoxy) is 1. The predicted octanol–water partition coefficient (Wildman–Crippen LogP) is 6.01. The molecule has 0 bridgehead atoms. The number of carbonyl (C=O) groups is 2. The van der Waals surface area contributed by atoms with Gasteiger partial charge >= 0.3 is 5.97 Å². The summed E-state index contributed by atoms with van der Waals surface area (Å²) in [5.74, 6) is 6.66. The molecule has 4 nitrogen and oxygen atoms in total. The second kappa shape index (κ2) is 7.49. The van der Waals surface area contributed by atoms with E-state index in [1.54, 1.807) is 0 Å². The Kier molecular flexibility index (Phi) is 5.16. The zero-order valence-corrected chi connectivity index (χ0v) is 20.8. The van der Waals surface area contributed by atoms with Crippen LogP contribution in [0, 0.1) is 52.8 Å². The first-order chi connectivity index (χ1) is 15.5. The number of rotatable bonds is 3. The van der Waals surface area contributed by atoms with Crippen LogP contribution in [0.5, 0.6) is 0 Å². The fraction of sp³-hybridized carbons (Fsp3) is 0.724. The van der Waals surface area contributed by atoms with Gasteiger partial charge in [0.2, 0.25) is 5.78 Å². The van der Waals surface area contributed by atoms with E-state index in [-0.39, 0.29) is 28.5 Å². The Hall–Kier alpha value is -2.02. The van der Waals surface area contributed by atoms with Crippen molar-refractivity contribution in [2.75, 3.05) is 0 Å². The Morgan fingerprint density at radius 1 is 1.15 bits per heavy atom. The molecule has 0 saturated heterocycles.